The van der Waals surface area contributed by atoms with Crippen LogP contribution in [-0.2, 0) is 17.8 Å². The molecule has 0 saturated carbocycles. The van der Waals surface area contributed by atoms with Crippen LogP contribution in [0.5, 0.6) is 0 Å². The van der Waals surface area contributed by atoms with E-state index in [1.807, 2.05) is 24.3 Å². The van der Waals surface area contributed by atoms with Gasteiger partial charge in [-0.1, -0.05) is 24.3 Å². The van der Waals surface area contributed by atoms with Crippen LogP contribution < -0.4 is 11.5 Å². The molecule has 0 radical (unpaired) electrons. The molecule has 1 aliphatic rings. The van der Waals surface area contributed by atoms with E-state index in [1.54, 1.807) is 0 Å². The van der Waals surface area contributed by atoms with Crippen molar-refractivity contribution in [3.8, 4) is 0 Å². The average Bonchev–Trinajstić information content (AvgIpc) is 2.91. The van der Waals surface area contributed by atoms with Crippen LogP contribution >= 0.6 is 0 Å². The second kappa shape index (κ2) is 4.93. The molecule has 7 heteroatoms. The average molecular weight is 285 g/mol. The van der Waals surface area contributed by atoms with Gasteiger partial charge in [0.25, 0.3) is 5.91 Å². The van der Waals surface area contributed by atoms with E-state index in [0.717, 1.165) is 11.1 Å². The van der Waals surface area contributed by atoms with E-state index < -0.39 is 11.9 Å². The van der Waals surface area contributed by atoms with Crippen molar-refractivity contribution in [2.75, 3.05) is 5.73 Å². The molecule has 7 nitrogen and oxygen atoms in total. The zero-order valence-corrected chi connectivity index (χ0v) is 11.2. The lowest BCUT2D eigenvalue weighted by Crippen LogP contribution is -2.51. The van der Waals surface area contributed by atoms with Gasteiger partial charge in [-0.05, 0) is 11.1 Å². The van der Waals surface area contributed by atoms with E-state index in [2.05, 4.69) is 10.2 Å². The molecular formula is C14H15N5O2. The molecule has 0 aliphatic carbocycles. The maximum Gasteiger partial charge on any atom is 0.275 e. The largest absolute Gasteiger partial charge is 0.396 e. The van der Waals surface area contributed by atoms with E-state index in [-0.39, 0.29) is 17.3 Å². The number of anilines is 1. The minimum Gasteiger partial charge on any atom is -0.396 e. The standard InChI is InChI=1S/C14H15N5O2/c15-10-6-17-18-12(10)14(21)19-7-9-4-2-1-3-8(9)5-11(19)13(16)20/h1-4,6,11H,5,7,15H2,(H2,16,20)(H,17,18)/t11-/m0/s1. The molecule has 2 amide bonds. The van der Waals surface area contributed by atoms with E-state index >= 15 is 0 Å². The number of nitrogens with zero attached hydrogens (tertiary/aromatic N) is 2. The van der Waals surface area contributed by atoms with Gasteiger partial charge < -0.3 is 16.4 Å². The Kier molecular flexibility index (Phi) is 3.09. The smallest absolute Gasteiger partial charge is 0.275 e. The number of aromatic nitrogens is 2. The van der Waals surface area contributed by atoms with Gasteiger partial charge in [-0.3, -0.25) is 14.7 Å². The van der Waals surface area contributed by atoms with E-state index in [0.29, 0.717) is 13.0 Å². The first-order valence-electron chi connectivity index (χ1n) is 6.54. The highest BCUT2D eigenvalue weighted by atomic mass is 16.2. The van der Waals surface area contributed by atoms with Crippen molar-refractivity contribution in [2.45, 2.75) is 19.0 Å². The number of amides is 2. The summed E-state index contributed by atoms with van der Waals surface area (Å²) in [6.07, 6.45) is 1.77. The molecule has 1 aromatic heterocycles. The first kappa shape index (κ1) is 13.2. The van der Waals surface area contributed by atoms with Gasteiger partial charge in [0.05, 0.1) is 11.9 Å². The van der Waals surface area contributed by atoms with E-state index in [9.17, 15) is 9.59 Å². The number of nitrogens with two attached hydrogens (primary N) is 2. The first-order valence-corrected chi connectivity index (χ1v) is 6.54. The molecular weight excluding hydrogens is 270 g/mol. The third-order valence-electron chi connectivity index (χ3n) is 3.72. The summed E-state index contributed by atoms with van der Waals surface area (Å²) in [6.45, 7) is 0.321. The molecule has 21 heavy (non-hydrogen) atoms. The van der Waals surface area contributed by atoms with Gasteiger partial charge >= 0.3 is 0 Å². The highest BCUT2D eigenvalue weighted by Crippen LogP contribution is 2.25. The second-order valence-electron chi connectivity index (χ2n) is 5.02. The topological polar surface area (TPSA) is 118 Å². The number of H-pyrrole nitrogens is 1. The van der Waals surface area contributed by atoms with Crippen molar-refractivity contribution in [3.05, 3.63) is 47.3 Å². The van der Waals surface area contributed by atoms with Crippen LogP contribution in [0.3, 0.4) is 0 Å². The molecule has 2 heterocycles. The molecule has 1 aliphatic heterocycles. The van der Waals surface area contributed by atoms with Gasteiger partial charge in [0.2, 0.25) is 5.91 Å². The summed E-state index contributed by atoms with van der Waals surface area (Å²) in [5.41, 5.74) is 13.6. The van der Waals surface area contributed by atoms with Crippen LogP contribution in [0.25, 0.3) is 0 Å². The second-order valence-corrected chi connectivity index (χ2v) is 5.02. The predicted molar refractivity (Wildman–Crippen MR) is 76.0 cm³/mol. The zero-order valence-electron chi connectivity index (χ0n) is 11.2. The van der Waals surface area contributed by atoms with Crippen molar-refractivity contribution >= 4 is 17.5 Å². The van der Waals surface area contributed by atoms with Crippen LogP contribution in [0.1, 0.15) is 21.6 Å². The Morgan fingerprint density at radius 2 is 2.00 bits per heavy atom. The van der Waals surface area contributed by atoms with Crippen LogP contribution in [0.2, 0.25) is 0 Å². The summed E-state index contributed by atoms with van der Waals surface area (Å²) < 4.78 is 0. The van der Waals surface area contributed by atoms with E-state index in [4.69, 9.17) is 11.5 Å². The molecule has 2 aromatic rings. The lowest BCUT2D eigenvalue weighted by molar-refractivity contribution is -0.122. The minimum atomic E-state index is -0.685. The van der Waals surface area contributed by atoms with Crippen molar-refractivity contribution in [2.24, 2.45) is 5.73 Å². The molecule has 0 saturated heterocycles. The van der Waals surface area contributed by atoms with E-state index in [1.165, 1.54) is 11.1 Å². The summed E-state index contributed by atoms with van der Waals surface area (Å²) in [4.78, 5) is 25.7. The van der Waals surface area contributed by atoms with Crippen molar-refractivity contribution < 1.29 is 9.59 Å². The summed E-state index contributed by atoms with van der Waals surface area (Å²) >= 11 is 0. The lowest BCUT2D eigenvalue weighted by Gasteiger charge is -2.34. The molecule has 0 bridgehead atoms. The molecule has 108 valence electrons. The fourth-order valence-corrected chi connectivity index (χ4v) is 2.60. The number of benzene rings is 1. The summed E-state index contributed by atoms with van der Waals surface area (Å²) in [7, 11) is 0. The summed E-state index contributed by atoms with van der Waals surface area (Å²) in [5, 5.41) is 6.31. The van der Waals surface area contributed by atoms with Gasteiger partial charge in [0.15, 0.2) is 0 Å². The third-order valence-corrected chi connectivity index (χ3v) is 3.72. The number of fused-ring (bicyclic) bond motifs is 1. The Morgan fingerprint density at radius 1 is 1.29 bits per heavy atom. The number of aromatic amines is 1. The van der Waals surface area contributed by atoms with Gasteiger partial charge in [0.1, 0.15) is 11.7 Å². The SMILES string of the molecule is NC(=O)[C@@H]1Cc2ccccc2CN1C(=O)c1[nH]ncc1N. The van der Waals surface area contributed by atoms with Crippen molar-refractivity contribution in [1.29, 1.82) is 0 Å². The van der Waals surface area contributed by atoms with Gasteiger partial charge in [-0.25, -0.2) is 0 Å². The van der Waals surface area contributed by atoms with Gasteiger partial charge in [-0.2, -0.15) is 5.10 Å². The van der Waals surface area contributed by atoms with Crippen LogP contribution in [0.4, 0.5) is 5.69 Å². The van der Waals surface area contributed by atoms with Gasteiger partial charge in [-0.15, -0.1) is 0 Å². The monoisotopic (exact) mass is 285 g/mol. The van der Waals surface area contributed by atoms with Crippen molar-refractivity contribution in [1.82, 2.24) is 15.1 Å². The number of rotatable bonds is 2. The number of hydrogen-bond acceptors (Lipinski definition) is 4. The molecule has 5 N–H and O–H groups in total. The normalized spacial score (nSPS) is 17.3. The molecule has 1 aromatic carbocycles. The molecule has 0 fully saturated rings. The zero-order chi connectivity index (χ0) is 15.0. The Labute approximate surface area is 120 Å². The van der Waals surface area contributed by atoms with Crippen LogP contribution in [0.15, 0.2) is 30.5 Å². The predicted octanol–water partition coefficient (Wildman–Crippen LogP) is 0.0443. The Balaban J connectivity index is 1.98. The Bertz CT molecular complexity index is 709. The molecule has 0 spiro atoms. The molecule has 0 unspecified atom stereocenters. The summed E-state index contributed by atoms with van der Waals surface area (Å²) in [5.74, 6) is -0.903. The fourth-order valence-electron chi connectivity index (χ4n) is 2.60. The summed E-state index contributed by atoms with van der Waals surface area (Å²) in [6, 6.07) is 6.99. The quantitative estimate of drug-likeness (QED) is 0.722. The highest BCUT2D eigenvalue weighted by molar-refractivity contribution is 5.99. The molecule has 3 rings (SSSR count). The number of nitrogens with one attached hydrogen (secondary N) is 1. The van der Waals surface area contributed by atoms with Crippen LogP contribution in [0, 0.1) is 0 Å². The maximum atomic E-state index is 12.6. The van der Waals surface area contributed by atoms with Crippen molar-refractivity contribution in [3.63, 3.8) is 0 Å². The maximum absolute atomic E-state index is 12.6. The fraction of sp³-hybridized carbons (Fsp3) is 0.214. The number of hydrogen-bond donors (Lipinski definition) is 3. The van der Waals surface area contributed by atoms with Gasteiger partial charge in [0, 0.05) is 13.0 Å². The Hall–Kier alpha value is -2.83. The number of carbonyl (C=O) groups excluding carboxylic acids is 2. The number of carbonyl (C=O) groups is 2. The first-order chi connectivity index (χ1) is 10.1. The third kappa shape index (κ3) is 2.22. The highest BCUT2D eigenvalue weighted by Gasteiger charge is 2.34. The number of nitrogen functional groups attached to an aromatic ring is 1. The number of primary amides is 1. The van der Waals surface area contributed by atoms with Crippen LogP contribution in [-0.4, -0.2) is 33.0 Å². The molecule has 1 atom stereocenters. The lowest BCUT2D eigenvalue weighted by atomic mass is 9.93. The Morgan fingerprint density at radius 3 is 2.62 bits per heavy atom. The minimum absolute atomic E-state index is 0.181.